The number of hydrogen-bond acceptors (Lipinski definition) is 2. The largest absolute Gasteiger partial charge is 0.309 e. The molecule has 0 saturated carbocycles. The number of rotatable bonds is 5. The highest BCUT2D eigenvalue weighted by molar-refractivity contribution is 6.29. The van der Waals surface area contributed by atoms with E-state index in [-0.39, 0.29) is 0 Å². The van der Waals surface area contributed by atoms with Gasteiger partial charge in [-0.05, 0) is 81.5 Å². The molecule has 4 heterocycles. The minimum Gasteiger partial charge on any atom is -0.309 e. The lowest BCUT2D eigenvalue weighted by molar-refractivity contribution is 0.996. The number of benzene rings is 11. The van der Waals surface area contributed by atoms with E-state index in [1.807, 2.05) is 0 Å². The molecule has 0 aliphatic carbocycles. The number of para-hydroxylation sites is 3. The van der Waals surface area contributed by atoms with E-state index < -0.39 is 0 Å². The van der Waals surface area contributed by atoms with E-state index in [1.165, 1.54) is 59.8 Å². The summed E-state index contributed by atoms with van der Waals surface area (Å²) >= 11 is 0. The molecule has 0 radical (unpaired) electrons. The standard InChI is InChI=1S/C64H39N5/c1-4-23-43-40(17-1)20-13-29-46(43)51-39-52(47-30-14-21-41-18-2-5-24-44(41)47)66-64(65-51)69-56-33-12-7-26-48(56)61-57(35-16-36-58(61)69)68-55-32-11-9-28-50(55)63-60(68)38-37-59-62(63)49-27-8-10-31-54(49)67(59)53-34-15-22-42-19-3-6-25-45(42)53/h1-39H. The monoisotopic (exact) mass is 877 g/mol. The minimum absolute atomic E-state index is 0.622. The van der Waals surface area contributed by atoms with Gasteiger partial charge in [0.05, 0.1) is 55.9 Å². The molecule has 11 aromatic carbocycles. The topological polar surface area (TPSA) is 40.6 Å². The summed E-state index contributed by atoms with van der Waals surface area (Å²) < 4.78 is 7.23. The van der Waals surface area contributed by atoms with Gasteiger partial charge < -0.3 is 9.13 Å². The van der Waals surface area contributed by atoms with Gasteiger partial charge in [0.1, 0.15) is 0 Å². The fourth-order valence-electron chi connectivity index (χ4n) is 11.6. The first-order chi connectivity index (χ1) is 34.3. The minimum atomic E-state index is 0.622. The molecule has 5 nitrogen and oxygen atoms in total. The molecule has 15 aromatic rings. The van der Waals surface area contributed by atoms with Crippen molar-refractivity contribution in [3.8, 4) is 39.8 Å². The molecule has 0 unspecified atom stereocenters. The van der Waals surface area contributed by atoms with Crippen LogP contribution in [0.4, 0.5) is 0 Å². The molecule has 0 bridgehead atoms. The van der Waals surface area contributed by atoms with Crippen LogP contribution in [0.25, 0.3) is 138 Å². The summed E-state index contributed by atoms with van der Waals surface area (Å²) in [6.07, 6.45) is 0. The summed E-state index contributed by atoms with van der Waals surface area (Å²) in [7, 11) is 0. The Bertz CT molecular complexity index is 4510. The lowest BCUT2D eigenvalue weighted by Crippen LogP contribution is -2.04. The summed E-state index contributed by atoms with van der Waals surface area (Å²) in [5.41, 5.74) is 12.9. The average Bonchev–Trinajstić information content (AvgIpc) is 4.06. The summed E-state index contributed by atoms with van der Waals surface area (Å²) in [5.74, 6) is 0.622. The molecule has 0 N–H and O–H groups in total. The number of aromatic nitrogens is 5. The predicted octanol–water partition coefficient (Wildman–Crippen LogP) is 16.6. The van der Waals surface area contributed by atoms with Crippen LogP contribution in [0.3, 0.4) is 0 Å². The van der Waals surface area contributed by atoms with Gasteiger partial charge in [0.25, 0.3) is 0 Å². The van der Waals surface area contributed by atoms with Gasteiger partial charge in [-0.3, -0.25) is 4.57 Å². The maximum absolute atomic E-state index is 5.55. The molecule has 0 fully saturated rings. The van der Waals surface area contributed by atoms with Crippen molar-refractivity contribution in [1.82, 2.24) is 23.7 Å². The van der Waals surface area contributed by atoms with Gasteiger partial charge in [-0.15, -0.1) is 0 Å². The second-order valence-electron chi connectivity index (χ2n) is 18.1. The zero-order valence-electron chi connectivity index (χ0n) is 37.3. The van der Waals surface area contributed by atoms with E-state index in [9.17, 15) is 0 Å². The van der Waals surface area contributed by atoms with Crippen LogP contribution in [0.1, 0.15) is 0 Å². The van der Waals surface area contributed by atoms with Gasteiger partial charge in [0, 0.05) is 48.8 Å². The van der Waals surface area contributed by atoms with Gasteiger partial charge in [-0.2, -0.15) is 0 Å². The van der Waals surface area contributed by atoms with Crippen molar-refractivity contribution in [2.24, 2.45) is 0 Å². The molecule has 0 spiro atoms. The Labute approximate surface area is 396 Å². The third-order valence-corrected chi connectivity index (χ3v) is 14.4. The molecule has 4 aromatic heterocycles. The normalized spacial score (nSPS) is 12.1. The zero-order valence-corrected chi connectivity index (χ0v) is 37.3. The van der Waals surface area contributed by atoms with Gasteiger partial charge in [-0.25, -0.2) is 9.97 Å². The van der Waals surface area contributed by atoms with Crippen molar-refractivity contribution < 1.29 is 0 Å². The second-order valence-corrected chi connectivity index (χ2v) is 18.1. The van der Waals surface area contributed by atoms with Crippen LogP contribution in [0.5, 0.6) is 0 Å². The molecule has 15 rings (SSSR count). The highest BCUT2D eigenvalue weighted by Gasteiger charge is 2.25. The van der Waals surface area contributed by atoms with Gasteiger partial charge in [0.2, 0.25) is 5.95 Å². The Morgan fingerprint density at radius 2 is 0.609 bits per heavy atom. The maximum atomic E-state index is 5.55. The quantitative estimate of drug-likeness (QED) is 0.173. The molecule has 320 valence electrons. The number of fused-ring (bicyclic) bond motifs is 13. The van der Waals surface area contributed by atoms with Crippen LogP contribution in [-0.2, 0) is 0 Å². The first-order valence-corrected chi connectivity index (χ1v) is 23.6. The Morgan fingerprint density at radius 3 is 1.17 bits per heavy atom. The van der Waals surface area contributed by atoms with E-state index in [4.69, 9.17) is 9.97 Å². The van der Waals surface area contributed by atoms with Crippen LogP contribution in [0.15, 0.2) is 237 Å². The Morgan fingerprint density at radius 1 is 0.246 bits per heavy atom. The van der Waals surface area contributed by atoms with Crippen LogP contribution in [-0.4, -0.2) is 23.7 Å². The van der Waals surface area contributed by atoms with Crippen LogP contribution >= 0.6 is 0 Å². The third-order valence-electron chi connectivity index (χ3n) is 14.4. The Kier molecular flexibility index (Phi) is 8.00. The molecule has 0 aliphatic rings. The first-order valence-electron chi connectivity index (χ1n) is 23.6. The summed E-state index contributed by atoms with van der Waals surface area (Å²) in [4.78, 5) is 11.1. The third kappa shape index (κ3) is 5.47. The molecule has 0 amide bonds. The molecule has 0 saturated heterocycles. The summed E-state index contributed by atoms with van der Waals surface area (Å²) in [5, 5.41) is 14.3. The van der Waals surface area contributed by atoms with Crippen molar-refractivity contribution in [3.05, 3.63) is 237 Å². The fraction of sp³-hybridized carbons (Fsp3) is 0. The number of nitrogens with zero attached hydrogens (tertiary/aromatic N) is 5. The Hall–Kier alpha value is -9.32. The van der Waals surface area contributed by atoms with E-state index in [2.05, 4.69) is 250 Å². The molecular formula is C64H39N5. The molecule has 69 heavy (non-hydrogen) atoms. The Balaban J connectivity index is 1.03. The van der Waals surface area contributed by atoms with Gasteiger partial charge >= 0.3 is 0 Å². The van der Waals surface area contributed by atoms with E-state index in [0.29, 0.717) is 5.95 Å². The second kappa shape index (κ2) is 14.6. The highest BCUT2D eigenvalue weighted by atomic mass is 15.2. The van der Waals surface area contributed by atoms with E-state index in [0.717, 1.165) is 71.8 Å². The van der Waals surface area contributed by atoms with E-state index >= 15 is 0 Å². The molecule has 5 heteroatoms. The molecular weight excluding hydrogens is 839 g/mol. The summed E-state index contributed by atoms with van der Waals surface area (Å²) in [6, 6.07) is 85.5. The van der Waals surface area contributed by atoms with Gasteiger partial charge in [-0.1, -0.05) is 182 Å². The average molecular weight is 878 g/mol. The fourth-order valence-corrected chi connectivity index (χ4v) is 11.6. The van der Waals surface area contributed by atoms with Crippen molar-refractivity contribution in [2.75, 3.05) is 0 Å². The zero-order chi connectivity index (χ0) is 45.2. The maximum Gasteiger partial charge on any atom is 0.235 e. The van der Waals surface area contributed by atoms with Crippen molar-refractivity contribution in [2.45, 2.75) is 0 Å². The number of hydrogen-bond donors (Lipinski definition) is 0. The first kappa shape index (κ1) is 37.9. The SMILES string of the molecule is c1ccc2c(-c3cc(-c4cccc5ccccc45)nc(-n4c5ccccc5c5c(-n6c7ccccc7c7c8c9ccccc9n(-c9cccc%10ccccc9%10)c8ccc76)cccc54)n3)cccc2c1. The highest BCUT2D eigenvalue weighted by Crippen LogP contribution is 2.45. The lowest BCUT2D eigenvalue weighted by atomic mass is 9.99. The summed E-state index contributed by atoms with van der Waals surface area (Å²) in [6.45, 7) is 0. The van der Waals surface area contributed by atoms with Crippen molar-refractivity contribution in [1.29, 1.82) is 0 Å². The van der Waals surface area contributed by atoms with E-state index in [1.54, 1.807) is 0 Å². The van der Waals surface area contributed by atoms with Crippen molar-refractivity contribution >= 4 is 97.7 Å². The van der Waals surface area contributed by atoms with Crippen molar-refractivity contribution in [3.63, 3.8) is 0 Å². The lowest BCUT2D eigenvalue weighted by Gasteiger charge is -2.14. The van der Waals surface area contributed by atoms with Gasteiger partial charge in [0.15, 0.2) is 0 Å². The van der Waals surface area contributed by atoms with Crippen LogP contribution in [0.2, 0.25) is 0 Å². The van der Waals surface area contributed by atoms with Crippen LogP contribution in [0, 0.1) is 0 Å². The predicted molar refractivity (Wildman–Crippen MR) is 288 cm³/mol. The molecule has 0 atom stereocenters. The molecule has 0 aliphatic heterocycles. The smallest absolute Gasteiger partial charge is 0.235 e. The van der Waals surface area contributed by atoms with Crippen LogP contribution < -0.4 is 0 Å².